The number of alkyl halides is 3. The molecule has 11 heteroatoms. The van der Waals surface area contributed by atoms with Gasteiger partial charge in [0.05, 0.1) is 17.3 Å². The molecule has 1 aliphatic rings. The quantitative estimate of drug-likeness (QED) is 0.531. The molecule has 1 aromatic heterocycles. The molecule has 0 fully saturated rings. The van der Waals surface area contributed by atoms with E-state index in [2.05, 4.69) is 20.9 Å². The third-order valence-corrected chi connectivity index (χ3v) is 6.17. The van der Waals surface area contributed by atoms with Crippen molar-refractivity contribution in [3.05, 3.63) is 71.3 Å². The normalized spacial score (nSPS) is 18.0. The Morgan fingerprint density at radius 3 is 2.56 bits per heavy atom. The van der Waals surface area contributed by atoms with Gasteiger partial charge in [-0.15, -0.1) is 10.2 Å². The lowest BCUT2D eigenvalue weighted by atomic mass is 10.0. The van der Waals surface area contributed by atoms with Crippen molar-refractivity contribution >= 4 is 23.4 Å². The van der Waals surface area contributed by atoms with E-state index in [1.165, 1.54) is 42.5 Å². The van der Waals surface area contributed by atoms with Gasteiger partial charge in [0.1, 0.15) is 11.1 Å². The number of hydrogen-bond acceptors (Lipinski definition) is 5. The topological polar surface area (TPSA) is 71.8 Å². The zero-order valence-corrected chi connectivity index (χ0v) is 17.7. The Kier molecular flexibility index (Phi) is 6.09. The van der Waals surface area contributed by atoms with Crippen LogP contribution in [0.2, 0.25) is 0 Å². The number of hydrogen-bond donors (Lipinski definition) is 2. The summed E-state index contributed by atoms with van der Waals surface area (Å²) >= 11 is 1.09. The zero-order chi connectivity index (χ0) is 22.9. The minimum Gasteiger partial charge on any atom is -0.324 e. The second kappa shape index (κ2) is 8.81. The van der Waals surface area contributed by atoms with Crippen LogP contribution in [0.1, 0.15) is 36.3 Å². The summed E-state index contributed by atoms with van der Waals surface area (Å²) in [6.45, 7) is 1.99. The maximum Gasteiger partial charge on any atom is 0.418 e. The predicted molar refractivity (Wildman–Crippen MR) is 112 cm³/mol. The molecule has 0 saturated heterocycles. The molecule has 32 heavy (non-hydrogen) atoms. The van der Waals surface area contributed by atoms with Crippen LogP contribution >= 0.6 is 11.8 Å². The van der Waals surface area contributed by atoms with Gasteiger partial charge in [0.2, 0.25) is 11.1 Å². The number of fused-ring (bicyclic) bond motifs is 1. The summed E-state index contributed by atoms with van der Waals surface area (Å²) in [6, 6.07) is 9.74. The van der Waals surface area contributed by atoms with Crippen LogP contribution in [0.3, 0.4) is 0 Å². The van der Waals surface area contributed by atoms with Crippen LogP contribution in [0.25, 0.3) is 0 Å². The number of para-hydroxylation sites is 1. The highest BCUT2D eigenvalue weighted by Gasteiger charge is 2.39. The number of aromatic nitrogens is 3. The molecular formula is C21H19F4N5OS. The van der Waals surface area contributed by atoms with Crippen molar-refractivity contribution in [2.24, 2.45) is 0 Å². The molecule has 2 aromatic carbocycles. The van der Waals surface area contributed by atoms with Crippen molar-refractivity contribution in [3.8, 4) is 0 Å². The Bertz CT molecular complexity index is 1120. The molecule has 4 rings (SSSR count). The Balaban J connectivity index is 1.68. The summed E-state index contributed by atoms with van der Waals surface area (Å²) in [6.07, 6.45) is -3.15. The van der Waals surface area contributed by atoms with E-state index in [0.29, 0.717) is 23.0 Å². The van der Waals surface area contributed by atoms with Gasteiger partial charge >= 0.3 is 6.18 Å². The fourth-order valence-electron chi connectivity index (χ4n) is 3.45. The van der Waals surface area contributed by atoms with Gasteiger partial charge in [0.25, 0.3) is 0 Å². The van der Waals surface area contributed by atoms with Gasteiger partial charge in [0.15, 0.2) is 5.82 Å². The van der Waals surface area contributed by atoms with Crippen LogP contribution < -0.4 is 10.7 Å². The molecule has 0 unspecified atom stereocenters. The Morgan fingerprint density at radius 2 is 1.88 bits per heavy atom. The van der Waals surface area contributed by atoms with Crippen molar-refractivity contribution in [2.75, 3.05) is 10.7 Å². The van der Waals surface area contributed by atoms with Crippen LogP contribution in [0.5, 0.6) is 0 Å². The van der Waals surface area contributed by atoms with E-state index in [4.69, 9.17) is 0 Å². The highest BCUT2D eigenvalue weighted by atomic mass is 32.2. The summed E-state index contributed by atoms with van der Waals surface area (Å²) in [5, 5.41) is 10.2. The average Bonchev–Trinajstić information content (AvgIpc) is 3.15. The number of anilines is 1. The lowest BCUT2D eigenvalue weighted by Crippen LogP contribution is -2.41. The molecule has 0 spiro atoms. The maximum atomic E-state index is 13.5. The molecule has 1 aliphatic heterocycles. The van der Waals surface area contributed by atoms with E-state index in [1.54, 1.807) is 4.68 Å². The van der Waals surface area contributed by atoms with Gasteiger partial charge in [-0.1, -0.05) is 43.0 Å². The lowest BCUT2D eigenvalue weighted by molar-refractivity contribution is -0.137. The molecule has 2 heterocycles. The minimum absolute atomic E-state index is 0.331. The number of carbonyl (C=O) groups is 1. The smallest absolute Gasteiger partial charge is 0.324 e. The first-order valence-electron chi connectivity index (χ1n) is 9.88. The largest absolute Gasteiger partial charge is 0.418 e. The second-order valence-electron chi connectivity index (χ2n) is 7.21. The van der Waals surface area contributed by atoms with Crippen molar-refractivity contribution in [3.63, 3.8) is 0 Å². The summed E-state index contributed by atoms with van der Waals surface area (Å²) in [5.74, 6) is -0.405. The third kappa shape index (κ3) is 4.43. The third-order valence-electron chi connectivity index (χ3n) is 4.96. The van der Waals surface area contributed by atoms with Crippen molar-refractivity contribution in [1.29, 1.82) is 0 Å². The number of carbonyl (C=O) groups excluding carboxylic acids is 1. The Morgan fingerprint density at radius 1 is 1.16 bits per heavy atom. The SMILES string of the molecule is CCCc1nnc2n1N[C@@H](c1ccc(F)cc1)[C@@H](C(=O)Nc1ccccc1C(F)(F)F)S2. The highest BCUT2D eigenvalue weighted by Crippen LogP contribution is 2.39. The summed E-state index contributed by atoms with van der Waals surface area (Å²) < 4.78 is 55.2. The van der Waals surface area contributed by atoms with Crippen molar-refractivity contribution in [2.45, 2.75) is 42.4 Å². The first-order valence-corrected chi connectivity index (χ1v) is 10.8. The van der Waals surface area contributed by atoms with Crippen LogP contribution in [0.15, 0.2) is 53.7 Å². The number of aryl methyl sites for hydroxylation is 1. The standard InChI is InChI=1S/C21H19F4N5OS/c1-2-5-16-27-28-20-30(16)29-17(12-8-10-13(22)11-9-12)18(32-20)19(31)26-15-7-4-3-6-14(15)21(23,24)25/h3-4,6-11,17-18,29H,2,5H2,1H3,(H,26,31)/t17-,18-/m0/s1. The first kappa shape index (κ1) is 22.1. The van der Waals surface area contributed by atoms with E-state index < -0.39 is 34.8 Å². The number of nitrogens with one attached hydrogen (secondary N) is 2. The minimum atomic E-state index is -4.62. The summed E-state index contributed by atoms with van der Waals surface area (Å²) in [7, 11) is 0. The molecular weight excluding hydrogens is 446 g/mol. The molecule has 3 aromatic rings. The molecule has 0 radical (unpaired) electrons. The van der Waals surface area contributed by atoms with Gasteiger partial charge < -0.3 is 10.7 Å². The van der Waals surface area contributed by atoms with Gasteiger partial charge in [-0.25, -0.2) is 9.07 Å². The molecule has 0 aliphatic carbocycles. The molecule has 0 saturated carbocycles. The number of benzene rings is 2. The van der Waals surface area contributed by atoms with Crippen LogP contribution in [-0.4, -0.2) is 26.0 Å². The number of rotatable bonds is 5. The monoisotopic (exact) mass is 465 g/mol. The molecule has 2 atom stereocenters. The Labute approximate surface area is 185 Å². The van der Waals surface area contributed by atoms with Crippen molar-refractivity contribution in [1.82, 2.24) is 14.9 Å². The molecule has 2 N–H and O–H groups in total. The number of thioether (sulfide) groups is 1. The van der Waals surface area contributed by atoms with Crippen LogP contribution in [0.4, 0.5) is 23.2 Å². The highest BCUT2D eigenvalue weighted by molar-refractivity contribution is 8.00. The fourth-order valence-corrected chi connectivity index (χ4v) is 4.55. The van der Waals surface area contributed by atoms with Crippen molar-refractivity contribution < 1.29 is 22.4 Å². The first-order chi connectivity index (χ1) is 15.3. The number of nitrogens with zero attached hydrogens (tertiary/aromatic N) is 3. The molecule has 6 nitrogen and oxygen atoms in total. The maximum absolute atomic E-state index is 13.5. The van der Waals surface area contributed by atoms with Gasteiger partial charge in [0, 0.05) is 6.42 Å². The summed E-state index contributed by atoms with van der Waals surface area (Å²) in [5.41, 5.74) is 2.53. The van der Waals surface area contributed by atoms with Gasteiger partial charge in [-0.2, -0.15) is 13.2 Å². The molecule has 168 valence electrons. The molecule has 1 amide bonds. The van der Waals surface area contributed by atoms with Crippen LogP contribution in [-0.2, 0) is 17.4 Å². The number of amides is 1. The van der Waals surface area contributed by atoms with E-state index in [0.717, 1.165) is 24.2 Å². The van der Waals surface area contributed by atoms with E-state index >= 15 is 0 Å². The van der Waals surface area contributed by atoms with Gasteiger partial charge in [-0.05, 0) is 36.2 Å². The molecule has 0 bridgehead atoms. The van der Waals surface area contributed by atoms with E-state index in [-0.39, 0.29) is 5.69 Å². The van der Waals surface area contributed by atoms with Crippen LogP contribution in [0, 0.1) is 5.82 Å². The lowest BCUT2D eigenvalue weighted by Gasteiger charge is -2.33. The van der Waals surface area contributed by atoms with E-state index in [1.807, 2.05) is 6.92 Å². The Hall–Kier alpha value is -3.08. The predicted octanol–water partition coefficient (Wildman–Crippen LogP) is 4.79. The number of halogens is 4. The van der Waals surface area contributed by atoms with E-state index in [9.17, 15) is 22.4 Å². The summed E-state index contributed by atoms with van der Waals surface area (Å²) in [4.78, 5) is 13.2. The fraction of sp³-hybridized carbons (Fsp3) is 0.286. The average molecular weight is 465 g/mol. The van der Waals surface area contributed by atoms with Gasteiger partial charge in [-0.3, -0.25) is 4.79 Å². The second-order valence-corrected chi connectivity index (χ2v) is 8.32. The zero-order valence-electron chi connectivity index (χ0n) is 16.9.